The summed E-state index contributed by atoms with van der Waals surface area (Å²) < 4.78 is 5.96. The van der Waals surface area contributed by atoms with E-state index < -0.39 is 0 Å². The Morgan fingerprint density at radius 3 is 2.44 bits per heavy atom. The topological polar surface area (TPSA) is 38.2 Å². The number of hydrogen-bond donors (Lipinski definition) is 0. The lowest BCUT2D eigenvalue weighted by atomic mass is 10.1. The van der Waals surface area contributed by atoms with Crippen LogP contribution in [-0.2, 0) is 6.61 Å². The summed E-state index contributed by atoms with van der Waals surface area (Å²) in [6, 6.07) is 12.4. The number of aryl methyl sites for hydroxylation is 1. The van der Waals surface area contributed by atoms with Crippen LogP contribution in [0.5, 0.6) is 5.75 Å². The second-order valence-corrected chi connectivity index (χ2v) is 7.01. The fourth-order valence-electron chi connectivity index (χ4n) is 3.63. The molecule has 1 aliphatic heterocycles. The summed E-state index contributed by atoms with van der Waals surface area (Å²) in [5.74, 6) is 0.856. The largest absolute Gasteiger partial charge is 0.489 e. The van der Waals surface area contributed by atoms with Crippen molar-refractivity contribution in [2.45, 2.75) is 39.2 Å². The standard InChI is InChI=1S/C22H25N3O.ClH/c1-17-14-22(25-12-4-2-3-5-13-25)20-7-6-19(15-21(20)24-17)26-16-18-8-10-23-11-9-18;/h6-11,14-15H,2-5,12-13,16H2,1H3;1H. The van der Waals surface area contributed by atoms with Crippen molar-refractivity contribution >= 4 is 29.0 Å². The number of hydrogen-bond acceptors (Lipinski definition) is 4. The number of halogens is 1. The number of rotatable bonds is 4. The van der Waals surface area contributed by atoms with Crippen LogP contribution >= 0.6 is 12.4 Å². The molecule has 4 rings (SSSR count). The molecule has 0 bridgehead atoms. The van der Waals surface area contributed by atoms with Crippen LogP contribution in [0.25, 0.3) is 10.9 Å². The molecule has 0 amide bonds. The highest BCUT2D eigenvalue weighted by Gasteiger charge is 2.14. The van der Waals surface area contributed by atoms with Gasteiger partial charge in [-0.1, -0.05) is 12.8 Å². The van der Waals surface area contributed by atoms with Crippen molar-refractivity contribution in [3.8, 4) is 5.75 Å². The lowest BCUT2D eigenvalue weighted by Crippen LogP contribution is -2.24. The van der Waals surface area contributed by atoms with E-state index in [4.69, 9.17) is 9.72 Å². The Bertz CT molecular complexity index is 877. The molecule has 1 fully saturated rings. The van der Waals surface area contributed by atoms with E-state index in [0.717, 1.165) is 35.6 Å². The zero-order valence-corrected chi connectivity index (χ0v) is 16.5. The van der Waals surface area contributed by atoms with Gasteiger partial charge in [0.25, 0.3) is 0 Å². The van der Waals surface area contributed by atoms with E-state index in [0.29, 0.717) is 6.61 Å². The number of benzene rings is 1. The third-order valence-electron chi connectivity index (χ3n) is 4.99. The average Bonchev–Trinajstić information content (AvgIpc) is 2.95. The van der Waals surface area contributed by atoms with Gasteiger partial charge in [-0.05, 0) is 55.7 Å². The molecule has 0 unspecified atom stereocenters. The minimum atomic E-state index is 0. The third kappa shape index (κ3) is 4.69. The number of ether oxygens (including phenoxy) is 1. The van der Waals surface area contributed by atoms with Crippen LogP contribution in [0.15, 0.2) is 48.8 Å². The van der Waals surface area contributed by atoms with E-state index in [-0.39, 0.29) is 12.4 Å². The van der Waals surface area contributed by atoms with Gasteiger partial charge >= 0.3 is 0 Å². The van der Waals surface area contributed by atoms with Crippen molar-refractivity contribution in [3.05, 3.63) is 60.0 Å². The summed E-state index contributed by atoms with van der Waals surface area (Å²) in [5.41, 5.74) is 4.50. The summed E-state index contributed by atoms with van der Waals surface area (Å²) in [7, 11) is 0. The molecule has 0 N–H and O–H groups in total. The fraction of sp³-hybridized carbons (Fsp3) is 0.364. The van der Waals surface area contributed by atoms with Gasteiger partial charge < -0.3 is 9.64 Å². The Morgan fingerprint density at radius 1 is 0.963 bits per heavy atom. The quantitative estimate of drug-likeness (QED) is 0.611. The summed E-state index contributed by atoms with van der Waals surface area (Å²) in [6.07, 6.45) is 8.80. The molecule has 27 heavy (non-hydrogen) atoms. The Morgan fingerprint density at radius 2 is 1.70 bits per heavy atom. The van der Waals surface area contributed by atoms with Crippen LogP contribution in [0, 0.1) is 6.92 Å². The van der Waals surface area contributed by atoms with Gasteiger partial charge in [0, 0.05) is 48.3 Å². The summed E-state index contributed by atoms with van der Waals surface area (Å²) >= 11 is 0. The highest BCUT2D eigenvalue weighted by molar-refractivity contribution is 5.92. The van der Waals surface area contributed by atoms with E-state index in [9.17, 15) is 0 Å². The van der Waals surface area contributed by atoms with Gasteiger partial charge in [0.15, 0.2) is 0 Å². The van der Waals surface area contributed by atoms with Crippen molar-refractivity contribution in [2.75, 3.05) is 18.0 Å². The first-order valence-electron chi connectivity index (χ1n) is 9.48. The van der Waals surface area contributed by atoms with Gasteiger partial charge in [-0.3, -0.25) is 9.97 Å². The van der Waals surface area contributed by atoms with Crippen LogP contribution in [0.1, 0.15) is 36.9 Å². The molecule has 0 spiro atoms. The molecule has 142 valence electrons. The molecule has 0 radical (unpaired) electrons. The first-order valence-corrected chi connectivity index (χ1v) is 9.48. The Balaban J connectivity index is 0.00000210. The second-order valence-electron chi connectivity index (χ2n) is 7.01. The molecule has 1 aromatic carbocycles. The number of anilines is 1. The van der Waals surface area contributed by atoms with E-state index >= 15 is 0 Å². The maximum Gasteiger partial charge on any atom is 0.122 e. The first kappa shape index (κ1) is 19.4. The predicted molar refractivity (Wildman–Crippen MR) is 113 cm³/mol. The van der Waals surface area contributed by atoms with Gasteiger partial charge in [-0.15, -0.1) is 12.4 Å². The van der Waals surface area contributed by atoms with E-state index in [1.54, 1.807) is 12.4 Å². The van der Waals surface area contributed by atoms with E-state index in [1.807, 2.05) is 12.1 Å². The predicted octanol–water partition coefficient (Wildman–Crippen LogP) is 5.32. The van der Waals surface area contributed by atoms with Crippen molar-refractivity contribution in [1.29, 1.82) is 0 Å². The van der Waals surface area contributed by atoms with Crippen LogP contribution in [0.2, 0.25) is 0 Å². The van der Waals surface area contributed by atoms with Crippen LogP contribution < -0.4 is 9.64 Å². The van der Waals surface area contributed by atoms with Crippen LogP contribution in [-0.4, -0.2) is 23.1 Å². The molecular formula is C22H26ClN3O. The van der Waals surface area contributed by atoms with Crippen molar-refractivity contribution in [3.63, 3.8) is 0 Å². The smallest absolute Gasteiger partial charge is 0.122 e. The molecule has 2 aromatic heterocycles. The van der Waals surface area contributed by atoms with Crippen LogP contribution in [0.3, 0.4) is 0 Å². The maximum absolute atomic E-state index is 5.96. The fourth-order valence-corrected chi connectivity index (χ4v) is 3.63. The number of aromatic nitrogens is 2. The van der Waals surface area contributed by atoms with Gasteiger partial charge in [0.1, 0.15) is 12.4 Å². The van der Waals surface area contributed by atoms with Gasteiger partial charge in [-0.2, -0.15) is 0 Å². The summed E-state index contributed by atoms with van der Waals surface area (Å²) in [6.45, 7) is 4.89. The van der Waals surface area contributed by atoms with Gasteiger partial charge in [-0.25, -0.2) is 0 Å². The van der Waals surface area contributed by atoms with Crippen LogP contribution in [0.4, 0.5) is 5.69 Å². The molecule has 1 saturated heterocycles. The minimum Gasteiger partial charge on any atom is -0.489 e. The molecule has 5 heteroatoms. The Labute approximate surface area is 167 Å². The molecular weight excluding hydrogens is 358 g/mol. The third-order valence-corrected chi connectivity index (χ3v) is 4.99. The van der Waals surface area contributed by atoms with E-state index in [1.165, 1.54) is 36.8 Å². The zero-order valence-electron chi connectivity index (χ0n) is 15.7. The summed E-state index contributed by atoms with van der Waals surface area (Å²) in [5, 5.41) is 1.22. The normalized spacial score (nSPS) is 14.5. The minimum absolute atomic E-state index is 0. The Hall–Kier alpha value is -2.33. The monoisotopic (exact) mass is 383 g/mol. The van der Waals surface area contributed by atoms with Gasteiger partial charge in [0.05, 0.1) is 5.52 Å². The average molecular weight is 384 g/mol. The SMILES string of the molecule is Cc1cc(N2CCCCCC2)c2ccc(OCc3ccncc3)cc2n1.Cl. The number of fused-ring (bicyclic) bond motifs is 1. The second kappa shape index (κ2) is 9.05. The first-order chi connectivity index (χ1) is 12.8. The van der Waals surface area contributed by atoms with Gasteiger partial charge in [0.2, 0.25) is 0 Å². The molecule has 0 aliphatic carbocycles. The molecule has 3 heterocycles. The Kier molecular flexibility index (Phi) is 6.51. The zero-order chi connectivity index (χ0) is 17.8. The van der Waals surface area contributed by atoms with E-state index in [2.05, 4.69) is 41.1 Å². The molecule has 1 aliphatic rings. The molecule has 3 aromatic rings. The molecule has 4 nitrogen and oxygen atoms in total. The molecule has 0 atom stereocenters. The number of pyridine rings is 2. The maximum atomic E-state index is 5.96. The molecule has 0 saturated carbocycles. The van der Waals surface area contributed by atoms with Crippen molar-refractivity contribution in [2.24, 2.45) is 0 Å². The van der Waals surface area contributed by atoms with Crippen molar-refractivity contribution in [1.82, 2.24) is 9.97 Å². The van der Waals surface area contributed by atoms with Crippen molar-refractivity contribution < 1.29 is 4.74 Å². The highest BCUT2D eigenvalue weighted by atomic mass is 35.5. The lowest BCUT2D eigenvalue weighted by molar-refractivity contribution is 0.306. The lowest BCUT2D eigenvalue weighted by Gasteiger charge is -2.24. The highest BCUT2D eigenvalue weighted by Crippen LogP contribution is 2.31. The number of nitrogens with zero attached hydrogens (tertiary/aromatic N) is 3. The summed E-state index contributed by atoms with van der Waals surface area (Å²) in [4.78, 5) is 11.3.